The Bertz CT molecular complexity index is 300. The smallest absolute Gasteiger partial charge is 0.276 e. The molecule has 1 saturated carbocycles. The van der Waals surface area contributed by atoms with Gasteiger partial charge in [0.15, 0.2) is 0 Å². The fourth-order valence-corrected chi connectivity index (χ4v) is 1.70. The summed E-state index contributed by atoms with van der Waals surface area (Å²) in [6, 6.07) is 0. The van der Waals surface area contributed by atoms with Crippen LogP contribution in [0.25, 0.3) is 0 Å². The highest BCUT2D eigenvalue weighted by Gasteiger charge is 2.77. The molecule has 1 aliphatic rings. The Morgan fingerprint density at radius 1 is 1.29 bits per heavy atom. The maximum absolute atomic E-state index is 12.8. The van der Waals surface area contributed by atoms with E-state index in [0.29, 0.717) is 0 Å². The van der Waals surface area contributed by atoms with E-state index in [1.165, 1.54) is 0 Å². The molecule has 80 valence electrons. The molecular formula is C8H7ClF4O. The van der Waals surface area contributed by atoms with Crippen LogP contribution >= 0.6 is 11.6 Å². The summed E-state index contributed by atoms with van der Waals surface area (Å²) in [4.78, 5) is 10.5. The van der Waals surface area contributed by atoms with Gasteiger partial charge in [-0.3, -0.25) is 4.79 Å². The van der Waals surface area contributed by atoms with Gasteiger partial charge in [0.25, 0.3) is 0 Å². The second kappa shape index (κ2) is 2.95. The summed E-state index contributed by atoms with van der Waals surface area (Å²) in [5, 5.41) is -1.20. The summed E-state index contributed by atoms with van der Waals surface area (Å²) in [5.74, 6) is -11.8. The molecule has 1 fully saturated rings. The Balaban J connectivity index is 2.96. The molecule has 0 spiro atoms. The lowest BCUT2D eigenvalue weighted by atomic mass is 9.64. The first-order chi connectivity index (χ1) is 6.14. The molecule has 0 aromatic rings. The van der Waals surface area contributed by atoms with E-state index in [-0.39, 0.29) is 0 Å². The molecular weight excluding hydrogens is 224 g/mol. The summed E-state index contributed by atoms with van der Waals surface area (Å²) < 4.78 is 50.9. The molecule has 0 amide bonds. The van der Waals surface area contributed by atoms with Crippen LogP contribution in [0.2, 0.25) is 0 Å². The lowest BCUT2D eigenvalue weighted by molar-refractivity contribution is -0.338. The first kappa shape index (κ1) is 11.5. The first-order valence-corrected chi connectivity index (χ1v) is 4.16. The highest BCUT2D eigenvalue weighted by atomic mass is 35.5. The molecule has 0 N–H and O–H groups in total. The van der Waals surface area contributed by atoms with Crippen LogP contribution in [0.4, 0.5) is 17.6 Å². The maximum atomic E-state index is 12.8. The van der Waals surface area contributed by atoms with E-state index in [9.17, 15) is 22.4 Å². The molecule has 2 unspecified atom stereocenters. The number of rotatable bonds is 2. The second-order valence-electron chi connectivity index (χ2n) is 3.31. The molecule has 0 radical (unpaired) electrons. The number of allylic oxidation sites excluding steroid dienone is 1. The van der Waals surface area contributed by atoms with E-state index in [1.807, 2.05) is 0 Å². The Morgan fingerprint density at radius 3 is 2.00 bits per heavy atom. The van der Waals surface area contributed by atoms with Gasteiger partial charge in [-0.25, -0.2) is 0 Å². The van der Waals surface area contributed by atoms with Crippen molar-refractivity contribution < 1.29 is 22.4 Å². The fourth-order valence-electron chi connectivity index (χ4n) is 1.58. The van der Waals surface area contributed by atoms with Gasteiger partial charge in [0, 0.05) is 11.5 Å². The third-order valence-electron chi connectivity index (χ3n) is 2.53. The van der Waals surface area contributed by atoms with E-state index in [0.717, 1.165) is 6.92 Å². The highest BCUT2D eigenvalue weighted by molar-refractivity contribution is 6.67. The van der Waals surface area contributed by atoms with E-state index in [4.69, 9.17) is 11.6 Å². The molecule has 0 aromatic heterocycles. The Morgan fingerprint density at radius 2 is 1.71 bits per heavy atom. The van der Waals surface area contributed by atoms with Crippen LogP contribution < -0.4 is 0 Å². The molecule has 1 nitrogen and oxygen atoms in total. The number of carbonyl (C=O) groups is 1. The number of hydrogen-bond acceptors (Lipinski definition) is 1. The molecule has 14 heavy (non-hydrogen) atoms. The minimum absolute atomic E-state index is 0.657. The standard InChI is InChI=1S/C8H7ClF4O/c1-3(6(9)14)5-4(2)7(10,11)8(5,12)13/h4-5H,1H2,2H3. The van der Waals surface area contributed by atoms with Crippen molar-refractivity contribution in [3.8, 4) is 0 Å². The molecule has 1 rings (SSSR count). The predicted molar refractivity (Wildman–Crippen MR) is 42.5 cm³/mol. The Labute approximate surface area is 82.7 Å². The van der Waals surface area contributed by atoms with Gasteiger partial charge in [0.05, 0.1) is 5.92 Å². The van der Waals surface area contributed by atoms with Crippen LogP contribution in [0.5, 0.6) is 0 Å². The van der Waals surface area contributed by atoms with Crippen molar-refractivity contribution in [1.82, 2.24) is 0 Å². The molecule has 0 aliphatic heterocycles. The first-order valence-electron chi connectivity index (χ1n) is 3.78. The van der Waals surface area contributed by atoms with Crippen molar-refractivity contribution in [2.75, 3.05) is 0 Å². The van der Waals surface area contributed by atoms with Gasteiger partial charge in [-0.1, -0.05) is 13.5 Å². The van der Waals surface area contributed by atoms with Gasteiger partial charge in [-0.2, -0.15) is 17.6 Å². The van der Waals surface area contributed by atoms with Gasteiger partial charge in [-0.15, -0.1) is 0 Å². The number of hydrogen-bond donors (Lipinski definition) is 0. The van der Waals surface area contributed by atoms with Crippen molar-refractivity contribution in [3.63, 3.8) is 0 Å². The van der Waals surface area contributed by atoms with Gasteiger partial charge in [-0.05, 0) is 11.6 Å². The molecule has 0 heterocycles. The van der Waals surface area contributed by atoms with Gasteiger partial charge in [0.2, 0.25) is 5.24 Å². The van der Waals surface area contributed by atoms with Crippen molar-refractivity contribution >= 4 is 16.8 Å². The topological polar surface area (TPSA) is 17.1 Å². The SMILES string of the molecule is C=C(C(=O)Cl)C1C(C)C(F)(F)C1(F)F. The summed E-state index contributed by atoms with van der Waals surface area (Å²) in [6.07, 6.45) is 0. The Kier molecular flexibility index (Phi) is 2.42. The van der Waals surface area contributed by atoms with Crippen LogP contribution in [0.15, 0.2) is 12.2 Å². The minimum atomic E-state index is -4.23. The quantitative estimate of drug-likeness (QED) is 0.405. The van der Waals surface area contributed by atoms with Gasteiger partial charge >= 0.3 is 11.8 Å². The minimum Gasteiger partial charge on any atom is -0.276 e. The van der Waals surface area contributed by atoms with Crippen LogP contribution in [0.3, 0.4) is 0 Å². The average molecular weight is 231 g/mol. The number of alkyl halides is 4. The highest BCUT2D eigenvalue weighted by Crippen LogP contribution is 2.61. The lowest BCUT2D eigenvalue weighted by Crippen LogP contribution is -2.66. The molecule has 1 aliphatic carbocycles. The predicted octanol–water partition coefficient (Wildman–Crippen LogP) is 2.84. The summed E-state index contributed by atoms with van der Waals surface area (Å²) in [7, 11) is 0. The summed E-state index contributed by atoms with van der Waals surface area (Å²) in [5.41, 5.74) is -0.657. The van der Waals surface area contributed by atoms with Gasteiger partial charge < -0.3 is 0 Å². The third-order valence-corrected chi connectivity index (χ3v) is 2.78. The molecule has 0 bridgehead atoms. The van der Waals surface area contributed by atoms with E-state index in [1.54, 1.807) is 0 Å². The van der Waals surface area contributed by atoms with Crippen LogP contribution in [0, 0.1) is 11.8 Å². The van der Waals surface area contributed by atoms with Crippen molar-refractivity contribution in [1.29, 1.82) is 0 Å². The normalized spacial score (nSPS) is 33.3. The zero-order chi connectivity index (χ0) is 11.3. The van der Waals surface area contributed by atoms with Gasteiger partial charge in [0.1, 0.15) is 0 Å². The maximum Gasteiger partial charge on any atom is 0.317 e. The van der Waals surface area contributed by atoms with E-state index < -0.39 is 34.5 Å². The second-order valence-corrected chi connectivity index (χ2v) is 3.65. The van der Waals surface area contributed by atoms with Crippen molar-refractivity contribution in [2.45, 2.75) is 18.8 Å². The zero-order valence-electron chi connectivity index (χ0n) is 7.16. The third kappa shape index (κ3) is 1.18. The van der Waals surface area contributed by atoms with E-state index in [2.05, 4.69) is 6.58 Å². The lowest BCUT2D eigenvalue weighted by Gasteiger charge is -2.49. The van der Waals surface area contributed by atoms with Crippen LogP contribution in [-0.4, -0.2) is 17.1 Å². The molecule has 2 atom stereocenters. The van der Waals surface area contributed by atoms with Crippen molar-refractivity contribution in [3.05, 3.63) is 12.2 Å². The molecule has 0 aromatic carbocycles. The Hall–Kier alpha value is -0.580. The molecule has 6 heteroatoms. The monoisotopic (exact) mass is 230 g/mol. The van der Waals surface area contributed by atoms with Crippen LogP contribution in [-0.2, 0) is 4.79 Å². The summed E-state index contributed by atoms with van der Waals surface area (Å²) in [6.45, 7) is 3.93. The average Bonchev–Trinajstić information content (AvgIpc) is 2.03. The number of carbonyl (C=O) groups excluding carboxylic acids is 1. The van der Waals surface area contributed by atoms with Crippen molar-refractivity contribution in [2.24, 2.45) is 11.8 Å². The summed E-state index contributed by atoms with van der Waals surface area (Å²) >= 11 is 4.90. The fraction of sp³-hybridized carbons (Fsp3) is 0.625. The molecule has 0 saturated heterocycles. The largest absolute Gasteiger partial charge is 0.317 e. The number of halogens is 5. The zero-order valence-corrected chi connectivity index (χ0v) is 7.92. The van der Waals surface area contributed by atoms with Crippen LogP contribution in [0.1, 0.15) is 6.92 Å². The van der Waals surface area contributed by atoms with E-state index >= 15 is 0 Å².